The quantitative estimate of drug-likeness (QED) is 0.649. The van der Waals surface area contributed by atoms with Gasteiger partial charge in [0.1, 0.15) is 0 Å². The van der Waals surface area contributed by atoms with Crippen LogP contribution in [0.1, 0.15) is 35.7 Å². The van der Waals surface area contributed by atoms with E-state index in [1.54, 1.807) is 12.1 Å². The van der Waals surface area contributed by atoms with Crippen LogP contribution in [0.3, 0.4) is 0 Å². The van der Waals surface area contributed by atoms with E-state index in [9.17, 15) is 4.79 Å². The molecule has 22 heavy (non-hydrogen) atoms. The zero-order valence-electron chi connectivity index (χ0n) is 13.7. The lowest BCUT2D eigenvalue weighted by atomic mass is 9.91. The molecular formula is C20H18O2. The second-order valence-electron chi connectivity index (χ2n) is 5.26. The number of carbonyl (C=O) groups excluding carboxylic acids is 1. The molecule has 0 N–H and O–H groups in total. The fraction of sp³-hybridized carbons (Fsp3) is 0.150. The Hall–Kier alpha value is -2.61. The predicted molar refractivity (Wildman–Crippen MR) is 89.2 cm³/mol. The molecule has 0 heterocycles. The van der Waals surface area contributed by atoms with Gasteiger partial charge in [0, 0.05) is 7.26 Å². The van der Waals surface area contributed by atoms with Crippen molar-refractivity contribution in [2.75, 3.05) is 7.11 Å². The van der Waals surface area contributed by atoms with Crippen LogP contribution in [0.5, 0.6) is 0 Å². The molecule has 0 bridgehead atoms. The fourth-order valence-electron chi connectivity index (χ4n) is 2.56. The maximum Gasteiger partial charge on any atom is 0.337 e. The third-order valence-corrected chi connectivity index (χ3v) is 3.92. The smallest absolute Gasteiger partial charge is 0.337 e. The average molecular weight is 291 g/mol. The van der Waals surface area contributed by atoms with Crippen molar-refractivity contribution in [2.45, 2.75) is 12.8 Å². The van der Waals surface area contributed by atoms with Crippen molar-refractivity contribution in [3.05, 3.63) is 83.4 Å². The van der Waals surface area contributed by atoms with Crippen molar-refractivity contribution in [3.63, 3.8) is 0 Å². The SMILES string of the molecule is [2H][C@@](C)(c1ccc(C(=O)OC)cc1)c1ccc2ccccc2c1. The lowest BCUT2D eigenvalue weighted by molar-refractivity contribution is 0.0600. The normalized spacial score (nSPS) is 14.2. The second-order valence-corrected chi connectivity index (χ2v) is 5.26. The Morgan fingerprint density at radius 1 is 0.955 bits per heavy atom. The van der Waals surface area contributed by atoms with Crippen LogP contribution in [-0.4, -0.2) is 13.1 Å². The van der Waals surface area contributed by atoms with E-state index in [2.05, 4.69) is 18.2 Å². The van der Waals surface area contributed by atoms with E-state index in [1.807, 2.05) is 43.3 Å². The molecule has 0 spiro atoms. The molecular weight excluding hydrogens is 272 g/mol. The van der Waals surface area contributed by atoms with Crippen molar-refractivity contribution < 1.29 is 10.9 Å². The highest BCUT2D eigenvalue weighted by atomic mass is 16.5. The van der Waals surface area contributed by atoms with Crippen LogP contribution < -0.4 is 0 Å². The van der Waals surface area contributed by atoms with E-state index in [4.69, 9.17) is 6.11 Å². The van der Waals surface area contributed by atoms with Gasteiger partial charge in [0.05, 0.1) is 12.7 Å². The van der Waals surface area contributed by atoms with Crippen molar-refractivity contribution in [3.8, 4) is 0 Å². The Labute approximate surface area is 131 Å². The highest BCUT2D eigenvalue weighted by molar-refractivity contribution is 5.89. The van der Waals surface area contributed by atoms with Gasteiger partial charge < -0.3 is 4.74 Å². The Morgan fingerprint density at radius 2 is 1.59 bits per heavy atom. The molecule has 0 aliphatic heterocycles. The second kappa shape index (κ2) is 6.02. The maximum atomic E-state index is 11.5. The van der Waals surface area contributed by atoms with Crippen LogP contribution in [0.4, 0.5) is 0 Å². The molecule has 3 aromatic rings. The van der Waals surface area contributed by atoms with E-state index in [-0.39, 0.29) is 5.97 Å². The van der Waals surface area contributed by atoms with Crippen molar-refractivity contribution in [2.24, 2.45) is 0 Å². The number of hydrogen-bond acceptors (Lipinski definition) is 2. The number of methoxy groups -OCH3 is 1. The lowest BCUT2D eigenvalue weighted by Gasteiger charge is -2.14. The van der Waals surface area contributed by atoms with Gasteiger partial charge in [-0.2, -0.15) is 0 Å². The third kappa shape index (κ3) is 2.73. The summed E-state index contributed by atoms with van der Waals surface area (Å²) in [5, 5.41) is 2.28. The molecule has 2 nitrogen and oxygen atoms in total. The predicted octanol–water partition coefficient (Wildman–Crippen LogP) is 4.78. The molecule has 1 atom stereocenters. The molecule has 0 saturated carbocycles. The number of fused-ring (bicyclic) bond motifs is 1. The average Bonchev–Trinajstić information content (AvgIpc) is 2.60. The molecule has 0 radical (unpaired) electrons. The lowest BCUT2D eigenvalue weighted by Crippen LogP contribution is -2.02. The van der Waals surface area contributed by atoms with Crippen LogP contribution in [0, 0.1) is 0 Å². The summed E-state index contributed by atoms with van der Waals surface area (Å²) in [5.74, 6) is -1.26. The Kier molecular flexibility index (Phi) is 3.58. The molecule has 0 fully saturated rings. The minimum absolute atomic E-state index is 0.367. The number of benzene rings is 3. The first-order chi connectivity index (χ1) is 11.0. The van der Waals surface area contributed by atoms with E-state index < -0.39 is 5.89 Å². The van der Waals surface area contributed by atoms with Crippen LogP contribution in [0.25, 0.3) is 10.8 Å². The van der Waals surface area contributed by atoms with Gasteiger partial charge in [-0.15, -0.1) is 0 Å². The molecule has 0 aliphatic carbocycles. The van der Waals surface area contributed by atoms with Gasteiger partial charge in [0.15, 0.2) is 0 Å². The van der Waals surface area contributed by atoms with Gasteiger partial charge in [0.2, 0.25) is 0 Å². The molecule has 3 rings (SSSR count). The highest BCUT2D eigenvalue weighted by Gasteiger charge is 2.11. The Morgan fingerprint density at radius 3 is 2.27 bits per heavy atom. The molecule has 0 unspecified atom stereocenters. The van der Waals surface area contributed by atoms with Gasteiger partial charge in [-0.1, -0.05) is 61.5 Å². The van der Waals surface area contributed by atoms with Gasteiger partial charge in [-0.25, -0.2) is 4.79 Å². The van der Waals surface area contributed by atoms with Gasteiger partial charge >= 0.3 is 5.97 Å². The van der Waals surface area contributed by atoms with E-state index in [0.29, 0.717) is 5.56 Å². The number of rotatable bonds is 3. The summed E-state index contributed by atoms with van der Waals surface area (Å²) in [5.41, 5.74) is 2.24. The number of ether oxygens (including phenoxy) is 1. The van der Waals surface area contributed by atoms with Crippen LogP contribution in [0.15, 0.2) is 66.7 Å². The number of esters is 1. The number of carbonyl (C=O) groups is 1. The summed E-state index contributed by atoms with van der Waals surface area (Å²) < 4.78 is 13.5. The molecule has 0 aromatic heterocycles. The van der Waals surface area contributed by atoms with Crippen LogP contribution in [0.2, 0.25) is 0 Å². The fourth-order valence-corrected chi connectivity index (χ4v) is 2.56. The minimum atomic E-state index is -0.890. The third-order valence-electron chi connectivity index (χ3n) is 3.92. The van der Waals surface area contributed by atoms with Gasteiger partial charge in [0.25, 0.3) is 0 Å². The maximum absolute atomic E-state index is 11.5. The van der Waals surface area contributed by atoms with Crippen molar-refractivity contribution in [1.29, 1.82) is 0 Å². The molecule has 0 aliphatic rings. The highest BCUT2D eigenvalue weighted by Crippen LogP contribution is 2.27. The summed E-state index contributed by atoms with van der Waals surface area (Å²) in [7, 11) is 1.36. The van der Waals surface area contributed by atoms with Gasteiger partial charge in [-0.3, -0.25) is 0 Å². The largest absolute Gasteiger partial charge is 0.465 e. The molecule has 110 valence electrons. The van der Waals surface area contributed by atoms with E-state index in [0.717, 1.165) is 21.9 Å². The van der Waals surface area contributed by atoms with Crippen molar-refractivity contribution in [1.82, 2.24) is 0 Å². The summed E-state index contributed by atoms with van der Waals surface area (Å²) in [4.78, 5) is 11.5. The summed E-state index contributed by atoms with van der Waals surface area (Å²) in [6, 6.07) is 21.2. The Bertz CT molecular complexity index is 851. The van der Waals surface area contributed by atoms with Crippen LogP contribution >= 0.6 is 0 Å². The molecule has 0 amide bonds. The van der Waals surface area contributed by atoms with Gasteiger partial charge in [-0.05, 0) is 34.0 Å². The minimum Gasteiger partial charge on any atom is -0.465 e. The monoisotopic (exact) mass is 291 g/mol. The first-order valence-corrected chi connectivity index (χ1v) is 7.20. The first-order valence-electron chi connectivity index (χ1n) is 7.70. The van der Waals surface area contributed by atoms with E-state index >= 15 is 0 Å². The van der Waals surface area contributed by atoms with E-state index in [1.165, 1.54) is 7.11 Å². The Balaban J connectivity index is 2.00. The summed E-state index contributed by atoms with van der Waals surface area (Å²) in [6.07, 6.45) is 0. The zero-order chi connectivity index (χ0) is 16.4. The summed E-state index contributed by atoms with van der Waals surface area (Å²) >= 11 is 0. The topological polar surface area (TPSA) is 26.3 Å². The zero-order valence-corrected chi connectivity index (χ0v) is 12.7. The summed E-state index contributed by atoms with van der Waals surface area (Å²) in [6.45, 7) is 1.87. The number of hydrogen-bond donors (Lipinski definition) is 0. The molecule has 3 aromatic carbocycles. The van der Waals surface area contributed by atoms with Crippen LogP contribution in [-0.2, 0) is 4.74 Å². The van der Waals surface area contributed by atoms with Crippen molar-refractivity contribution >= 4 is 16.7 Å². The standard InChI is InChI=1S/C20H18O2/c1-14(15-7-10-17(11-8-15)20(21)22-2)18-12-9-16-5-3-4-6-19(16)13-18/h3-14H,1-2H3/t14-/m1/s1/i14D. The molecule has 0 saturated heterocycles. The first kappa shape index (κ1) is 13.1. The molecule has 2 heteroatoms.